The Kier molecular flexibility index (Phi) is 8.72. The van der Waals surface area contributed by atoms with Crippen molar-refractivity contribution in [3.05, 3.63) is 53.1 Å². The van der Waals surface area contributed by atoms with Crippen molar-refractivity contribution in [2.75, 3.05) is 26.2 Å². The molecule has 1 amide bonds. The molecule has 2 aliphatic heterocycles. The molecule has 216 valence electrons. The molecule has 1 saturated heterocycles. The number of fused-ring (bicyclic) bond motifs is 1. The van der Waals surface area contributed by atoms with Gasteiger partial charge < -0.3 is 15.7 Å². The lowest BCUT2D eigenvalue weighted by Gasteiger charge is -2.22. The number of carbonyl (C=O) groups is 1. The average Bonchev–Trinajstić information content (AvgIpc) is 3.27. The summed E-state index contributed by atoms with van der Waals surface area (Å²) in [4.78, 5) is 18.9. The molecule has 1 fully saturated rings. The van der Waals surface area contributed by atoms with Gasteiger partial charge >= 0.3 is 6.18 Å². The van der Waals surface area contributed by atoms with E-state index in [0.717, 1.165) is 23.2 Å². The lowest BCUT2D eigenvalue weighted by molar-refractivity contribution is -0.137. The standard InChI is InChI=1S/C28H33F3N4O4S/c1-3-8-34(9-4-2)27(37)21-11-19-6-5-18(14-25(19)33-26(32)15-21)20-12-22(28(29,30)31)16-24(13-20)40(38,39)35-10-7-23(36)17-35/h5-6,11-14,16,23,36H,3-4,7-10,15,17H2,1-2H3,(H2,32,33)/t23-/m1/s1. The van der Waals surface area contributed by atoms with Crippen molar-refractivity contribution in [2.24, 2.45) is 10.7 Å². The number of amidine groups is 1. The molecule has 2 aliphatic rings. The summed E-state index contributed by atoms with van der Waals surface area (Å²) in [7, 11) is -4.28. The van der Waals surface area contributed by atoms with Crippen LogP contribution in [0, 0.1) is 0 Å². The predicted octanol–water partition coefficient (Wildman–Crippen LogP) is 4.55. The zero-order valence-electron chi connectivity index (χ0n) is 22.4. The second-order valence-corrected chi connectivity index (χ2v) is 12.0. The molecule has 0 aromatic heterocycles. The van der Waals surface area contributed by atoms with Crippen LogP contribution in [0.1, 0.15) is 50.7 Å². The van der Waals surface area contributed by atoms with Crippen molar-refractivity contribution in [3.63, 3.8) is 0 Å². The molecule has 0 bridgehead atoms. The van der Waals surface area contributed by atoms with Crippen LogP contribution in [0.25, 0.3) is 17.2 Å². The number of nitrogens with two attached hydrogens (primary N) is 1. The molecule has 0 unspecified atom stereocenters. The van der Waals surface area contributed by atoms with Crippen molar-refractivity contribution in [3.8, 4) is 11.1 Å². The number of alkyl halides is 3. The highest BCUT2D eigenvalue weighted by molar-refractivity contribution is 7.89. The van der Waals surface area contributed by atoms with Gasteiger partial charge in [-0.1, -0.05) is 26.0 Å². The number of hydrogen-bond acceptors (Lipinski definition) is 6. The molecule has 2 heterocycles. The van der Waals surface area contributed by atoms with Gasteiger partial charge in [-0.2, -0.15) is 17.5 Å². The Balaban J connectivity index is 1.77. The van der Waals surface area contributed by atoms with Crippen molar-refractivity contribution < 1.29 is 31.5 Å². The van der Waals surface area contributed by atoms with E-state index in [-0.39, 0.29) is 43.2 Å². The van der Waals surface area contributed by atoms with Crippen LogP contribution in [0.15, 0.2) is 51.9 Å². The normalized spacial score (nSPS) is 18.1. The molecule has 12 heteroatoms. The van der Waals surface area contributed by atoms with Gasteiger partial charge in [0, 0.05) is 43.7 Å². The second kappa shape index (κ2) is 11.7. The van der Waals surface area contributed by atoms with Crippen molar-refractivity contribution >= 4 is 33.5 Å². The van der Waals surface area contributed by atoms with Gasteiger partial charge in [-0.05, 0) is 60.7 Å². The Morgan fingerprint density at radius 3 is 2.42 bits per heavy atom. The number of nitrogens with zero attached hydrogens (tertiary/aromatic N) is 3. The van der Waals surface area contributed by atoms with Crippen LogP contribution < -0.4 is 5.73 Å². The summed E-state index contributed by atoms with van der Waals surface area (Å²) in [6.45, 7) is 5.02. The number of halogens is 3. The minimum atomic E-state index is -4.79. The fraction of sp³-hybridized carbons (Fsp3) is 0.429. The minimum Gasteiger partial charge on any atom is -0.392 e. The molecular formula is C28H33F3N4O4S. The van der Waals surface area contributed by atoms with Crippen LogP contribution in [0.2, 0.25) is 0 Å². The number of sulfonamides is 1. The van der Waals surface area contributed by atoms with Crippen molar-refractivity contribution in [2.45, 2.75) is 56.7 Å². The first-order valence-electron chi connectivity index (χ1n) is 13.2. The molecule has 4 rings (SSSR count). The zero-order chi connectivity index (χ0) is 29.2. The van der Waals surface area contributed by atoms with E-state index in [1.807, 2.05) is 13.8 Å². The third kappa shape index (κ3) is 6.39. The Labute approximate surface area is 232 Å². The SMILES string of the molecule is CCCN(CCC)C(=O)C1=Cc2ccc(-c3cc(C(F)(F)F)cc(S(=O)(=O)N4CC[C@@H](O)C4)c3)cc2N=C(N)C1. The molecular weight excluding hydrogens is 545 g/mol. The van der Waals surface area contributed by atoms with Crippen LogP contribution in [0.5, 0.6) is 0 Å². The maximum Gasteiger partial charge on any atom is 0.416 e. The third-order valence-corrected chi connectivity index (χ3v) is 8.72. The Morgan fingerprint density at radius 2 is 1.82 bits per heavy atom. The van der Waals surface area contributed by atoms with Crippen LogP contribution in [-0.4, -0.2) is 66.8 Å². The lowest BCUT2D eigenvalue weighted by Crippen LogP contribution is -2.34. The van der Waals surface area contributed by atoms with E-state index in [2.05, 4.69) is 4.99 Å². The summed E-state index contributed by atoms with van der Waals surface area (Å²) < 4.78 is 68.8. The van der Waals surface area contributed by atoms with E-state index in [1.54, 1.807) is 23.1 Å². The molecule has 3 N–H and O–H groups in total. The van der Waals surface area contributed by atoms with Gasteiger partial charge in [-0.3, -0.25) is 4.79 Å². The summed E-state index contributed by atoms with van der Waals surface area (Å²) >= 11 is 0. The first-order chi connectivity index (χ1) is 18.8. The lowest BCUT2D eigenvalue weighted by atomic mass is 9.99. The summed E-state index contributed by atoms with van der Waals surface area (Å²) in [6, 6.07) is 7.43. The molecule has 0 spiro atoms. The number of rotatable bonds is 8. The highest BCUT2D eigenvalue weighted by Gasteiger charge is 2.36. The topological polar surface area (TPSA) is 116 Å². The molecule has 0 saturated carbocycles. The number of aliphatic imine (C=N–C) groups is 1. The van der Waals surface area contributed by atoms with Crippen LogP contribution >= 0.6 is 0 Å². The maximum atomic E-state index is 13.8. The first kappa shape index (κ1) is 29.8. The molecule has 8 nitrogen and oxygen atoms in total. The minimum absolute atomic E-state index is 0.0171. The van der Waals surface area contributed by atoms with Gasteiger partial charge in [-0.15, -0.1) is 0 Å². The molecule has 2 aromatic carbocycles. The van der Waals surface area contributed by atoms with Gasteiger partial charge in [0.25, 0.3) is 0 Å². The van der Waals surface area contributed by atoms with E-state index in [9.17, 15) is 31.5 Å². The van der Waals surface area contributed by atoms with Crippen LogP contribution in [0.4, 0.5) is 18.9 Å². The summed E-state index contributed by atoms with van der Waals surface area (Å²) in [6.07, 6.45) is -2.02. The van der Waals surface area contributed by atoms with E-state index in [0.29, 0.717) is 41.5 Å². The number of aliphatic hydroxyl groups excluding tert-OH is 1. The molecule has 1 atom stereocenters. The first-order valence-corrected chi connectivity index (χ1v) is 14.6. The summed E-state index contributed by atoms with van der Waals surface area (Å²) in [5, 5.41) is 9.78. The van der Waals surface area contributed by atoms with Gasteiger partial charge in [-0.25, -0.2) is 13.4 Å². The third-order valence-electron chi connectivity index (χ3n) is 6.88. The smallest absolute Gasteiger partial charge is 0.392 e. The molecule has 0 radical (unpaired) electrons. The fourth-order valence-corrected chi connectivity index (χ4v) is 6.49. The highest BCUT2D eigenvalue weighted by atomic mass is 32.2. The van der Waals surface area contributed by atoms with Crippen LogP contribution in [-0.2, 0) is 21.0 Å². The number of benzene rings is 2. The van der Waals surface area contributed by atoms with Gasteiger partial charge in [0.2, 0.25) is 15.9 Å². The number of aliphatic hydroxyl groups is 1. The van der Waals surface area contributed by atoms with Gasteiger partial charge in [0.1, 0.15) is 5.84 Å². The summed E-state index contributed by atoms with van der Waals surface area (Å²) in [5.41, 5.74) is 6.78. The number of carbonyl (C=O) groups excluding carboxylic acids is 1. The van der Waals surface area contributed by atoms with E-state index in [4.69, 9.17) is 5.73 Å². The van der Waals surface area contributed by atoms with E-state index in [1.165, 1.54) is 12.1 Å². The van der Waals surface area contributed by atoms with Crippen LogP contribution in [0.3, 0.4) is 0 Å². The monoisotopic (exact) mass is 578 g/mol. The van der Waals surface area contributed by atoms with Crippen molar-refractivity contribution in [1.29, 1.82) is 0 Å². The Hall–Kier alpha value is -3.22. The average molecular weight is 579 g/mol. The highest BCUT2D eigenvalue weighted by Crippen LogP contribution is 2.38. The zero-order valence-corrected chi connectivity index (χ0v) is 23.2. The quantitative estimate of drug-likeness (QED) is 0.477. The summed E-state index contributed by atoms with van der Waals surface area (Å²) in [5.74, 6) is 0.0434. The fourth-order valence-electron chi connectivity index (χ4n) is 4.92. The maximum absolute atomic E-state index is 13.8. The van der Waals surface area contributed by atoms with Crippen molar-refractivity contribution in [1.82, 2.24) is 9.21 Å². The van der Waals surface area contributed by atoms with Gasteiger partial charge in [0.05, 0.1) is 22.3 Å². The number of β-amino-alcohol motifs (C(OH)–C–C–N with tert-alkyl or cyclic N) is 1. The van der Waals surface area contributed by atoms with E-state index < -0.39 is 32.8 Å². The Morgan fingerprint density at radius 1 is 1.12 bits per heavy atom. The molecule has 40 heavy (non-hydrogen) atoms. The van der Waals surface area contributed by atoms with E-state index >= 15 is 0 Å². The number of amides is 1. The largest absolute Gasteiger partial charge is 0.416 e. The second-order valence-electron chi connectivity index (χ2n) is 10.1. The Bertz CT molecular complexity index is 1450. The predicted molar refractivity (Wildman–Crippen MR) is 147 cm³/mol. The van der Waals surface area contributed by atoms with Gasteiger partial charge in [0.15, 0.2) is 0 Å². The number of hydrogen-bond donors (Lipinski definition) is 2. The molecule has 2 aromatic rings. The molecule has 0 aliphatic carbocycles.